The zero-order valence-corrected chi connectivity index (χ0v) is 16.9. The molecule has 2 nitrogen and oxygen atoms in total. The fourth-order valence-electron chi connectivity index (χ4n) is 2.56. The van der Waals surface area contributed by atoms with Crippen LogP contribution in [0, 0.1) is 6.92 Å². The van der Waals surface area contributed by atoms with Crippen molar-refractivity contribution < 1.29 is 10.2 Å². The SMILES string of the molecule is C=C(O)C(/C(=C(/C)O)c1ccccc1C)=c1/ccccc1=C.CC.CC. The smallest absolute Gasteiger partial charge is 0.117 e. The minimum absolute atomic E-state index is 0.0947. The minimum atomic E-state index is -0.0947. The van der Waals surface area contributed by atoms with Crippen LogP contribution >= 0.6 is 0 Å². The van der Waals surface area contributed by atoms with Crippen LogP contribution in [0.5, 0.6) is 0 Å². The number of allylic oxidation sites excluding steroid dienone is 2. The van der Waals surface area contributed by atoms with Gasteiger partial charge in [-0.15, -0.1) is 0 Å². The molecule has 2 aromatic carbocycles. The van der Waals surface area contributed by atoms with Crippen LogP contribution < -0.4 is 10.4 Å². The standard InChI is InChI=1S/C20H20O2.2C2H6/c1-13-9-5-7-11-17(13)19(15(3)21)20(16(4)22)18-12-8-6-10-14(18)2;2*1-2/h5-12,21-22H,1,3H2,2,4H3;2*1-2H3/b19-17+,20-16-;;. The van der Waals surface area contributed by atoms with Gasteiger partial charge in [-0.25, -0.2) is 0 Å². The van der Waals surface area contributed by atoms with E-state index in [9.17, 15) is 10.2 Å². The van der Waals surface area contributed by atoms with Gasteiger partial charge in [-0.3, -0.25) is 0 Å². The molecule has 0 saturated heterocycles. The van der Waals surface area contributed by atoms with Crippen molar-refractivity contribution in [2.45, 2.75) is 41.5 Å². The second-order valence-electron chi connectivity index (χ2n) is 5.25. The van der Waals surface area contributed by atoms with Crippen LogP contribution in [0.25, 0.3) is 17.7 Å². The van der Waals surface area contributed by atoms with Gasteiger partial charge in [0, 0.05) is 11.1 Å². The first-order chi connectivity index (χ1) is 12.4. The lowest BCUT2D eigenvalue weighted by molar-refractivity contribution is 0.415. The zero-order chi connectivity index (χ0) is 20.3. The maximum Gasteiger partial charge on any atom is 0.117 e. The summed E-state index contributed by atoms with van der Waals surface area (Å²) in [4.78, 5) is 0. The Bertz CT molecular complexity index is 854. The molecule has 0 radical (unpaired) electrons. The average Bonchev–Trinajstić information content (AvgIpc) is 2.64. The monoisotopic (exact) mass is 352 g/mol. The van der Waals surface area contributed by atoms with Crippen LogP contribution in [-0.4, -0.2) is 10.2 Å². The Labute approximate surface area is 158 Å². The maximum absolute atomic E-state index is 10.2. The van der Waals surface area contributed by atoms with Crippen LogP contribution in [0.4, 0.5) is 0 Å². The molecule has 2 N–H and O–H groups in total. The molecule has 0 spiro atoms. The number of rotatable bonds is 3. The Balaban J connectivity index is 0.00000146. The van der Waals surface area contributed by atoms with Crippen LogP contribution in [0.2, 0.25) is 0 Å². The average molecular weight is 353 g/mol. The summed E-state index contributed by atoms with van der Waals surface area (Å²) in [6.07, 6.45) is 0. The van der Waals surface area contributed by atoms with Gasteiger partial charge in [-0.05, 0) is 35.4 Å². The van der Waals surface area contributed by atoms with Crippen molar-refractivity contribution in [2.75, 3.05) is 0 Å². The van der Waals surface area contributed by atoms with E-state index in [1.165, 1.54) is 0 Å². The van der Waals surface area contributed by atoms with E-state index in [4.69, 9.17) is 0 Å². The summed E-state index contributed by atoms with van der Waals surface area (Å²) in [7, 11) is 0. The Morgan fingerprint density at radius 2 is 1.35 bits per heavy atom. The molecule has 140 valence electrons. The quantitative estimate of drug-likeness (QED) is 0.699. The Morgan fingerprint density at radius 1 is 0.846 bits per heavy atom. The van der Waals surface area contributed by atoms with Crippen molar-refractivity contribution in [1.82, 2.24) is 0 Å². The summed E-state index contributed by atoms with van der Waals surface area (Å²) in [5, 5.41) is 21.9. The van der Waals surface area contributed by atoms with Crippen molar-refractivity contribution in [3.63, 3.8) is 0 Å². The molecule has 2 rings (SSSR count). The van der Waals surface area contributed by atoms with Gasteiger partial charge < -0.3 is 10.2 Å². The number of benzene rings is 2. The lowest BCUT2D eigenvalue weighted by Crippen LogP contribution is -2.26. The lowest BCUT2D eigenvalue weighted by atomic mass is 9.90. The molecule has 0 heterocycles. The molecule has 0 fully saturated rings. The summed E-state index contributed by atoms with van der Waals surface area (Å²) < 4.78 is 0. The second kappa shape index (κ2) is 11.8. The fraction of sp³-hybridized carbons (Fsp3) is 0.250. The van der Waals surface area contributed by atoms with Crippen LogP contribution in [0.3, 0.4) is 0 Å². The van der Waals surface area contributed by atoms with Crippen LogP contribution in [-0.2, 0) is 0 Å². The Hall–Kier alpha value is -2.74. The van der Waals surface area contributed by atoms with Crippen molar-refractivity contribution >= 4 is 17.7 Å². The van der Waals surface area contributed by atoms with E-state index in [1.807, 2.05) is 83.1 Å². The molecular formula is C24H32O2. The molecule has 0 aliphatic rings. The predicted octanol–water partition coefficient (Wildman–Crippen LogP) is 5.67. The van der Waals surface area contributed by atoms with E-state index in [0.717, 1.165) is 21.6 Å². The third-order valence-corrected chi connectivity index (χ3v) is 3.60. The van der Waals surface area contributed by atoms with Gasteiger partial charge in [0.2, 0.25) is 0 Å². The van der Waals surface area contributed by atoms with E-state index >= 15 is 0 Å². The normalized spacial score (nSPS) is 11.8. The first-order valence-electron chi connectivity index (χ1n) is 9.06. The molecule has 2 heteroatoms. The largest absolute Gasteiger partial charge is 0.512 e. The van der Waals surface area contributed by atoms with E-state index in [2.05, 4.69) is 13.2 Å². The van der Waals surface area contributed by atoms with Gasteiger partial charge in [0.15, 0.2) is 0 Å². The zero-order valence-electron chi connectivity index (χ0n) is 16.9. The molecule has 0 aliphatic carbocycles. The Morgan fingerprint density at radius 3 is 1.81 bits per heavy atom. The van der Waals surface area contributed by atoms with Gasteiger partial charge in [0.05, 0.1) is 5.76 Å². The summed E-state index contributed by atoms with van der Waals surface area (Å²) in [5.74, 6) is 0.0329. The number of hydrogen-bond donors (Lipinski definition) is 2. The summed E-state index contributed by atoms with van der Waals surface area (Å²) in [6.45, 7) is 19.3. The molecule has 0 saturated carbocycles. The fourth-order valence-corrected chi connectivity index (χ4v) is 2.56. The molecule has 26 heavy (non-hydrogen) atoms. The third-order valence-electron chi connectivity index (χ3n) is 3.60. The summed E-state index contributed by atoms with van der Waals surface area (Å²) in [5.41, 5.74) is 2.93. The summed E-state index contributed by atoms with van der Waals surface area (Å²) in [6, 6.07) is 15.2. The second-order valence-corrected chi connectivity index (χ2v) is 5.25. The predicted molar refractivity (Wildman–Crippen MR) is 115 cm³/mol. The van der Waals surface area contributed by atoms with E-state index < -0.39 is 0 Å². The van der Waals surface area contributed by atoms with Crippen LogP contribution in [0.15, 0.2) is 66.6 Å². The summed E-state index contributed by atoms with van der Waals surface area (Å²) >= 11 is 0. The molecule has 0 aromatic heterocycles. The van der Waals surface area contributed by atoms with Gasteiger partial charge >= 0.3 is 0 Å². The molecule has 0 atom stereocenters. The first-order valence-corrected chi connectivity index (χ1v) is 9.06. The van der Waals surface area contributed by atoms with Crippen molar-refractivity contribution in [3.05, 3.63) is 88.2 Å². The highest BCUT2D eigenvalue weighted by atomic mass is 16.3. The van der Waals surface area contributed by atoms with Crippen molar-refractivity contribution in [3.8, 4) is 0 Å². The number of aryl methyl sites for hydroxylation is 1. The molecule has 2 aromatic rings. The highest BCUT2D eigenvalue weighted by Crippen LogP contribution is 2.31. The minimum Gasteiger partial charge on any atom is -0.512 e. The van der Waals surface area contributed by atoms with Crippen molar-refractivity contribution in [1.29, 1.82) is 0 Å². The number of aliphatic hydroxyl groups excluding tert-OH is 2. The maximum atomic E-state index is 10.2. The topological polar surface area (TPSA) is 40.5 Å². The number of aliphatic hydroxyl groups is 2. The Kier molecular flexibility index (Phi) is 10.5. The van der Waals surface area contributed by atoms with Gasteiger partial charge in [-0.2, -0.15) is 0 Å². The molecule has 0 bridgehead atoms. The third kappa shape index (κ3) is 5.66. The van der Waals surface area contributed by atoms with E-state index in [0.29, 0.717) is 11.1 Å². The molecule has 0 aliphatic heterocycles. The first kappa shape index (κ1) is 23.3. The lowest BCUT2D eigenvalue weighted by Gasteiger charge is -2.15. The van der Waals surface area contributed by atoms with Crippen molar-refractivity contribution in [2.24, 2.45) is 0 Å². The van der Waals surface area contributed by atoms with Crippen LogP contribution in [0.1, 0.15) is 45.7 Å². The van der Waals surface area contributed by atoms with Gasteiger partial charge in [0.25, 0.3) is 0 Å². The number of hydrogen-bond acceptors (Lipinski definition) is 2. The highest BCUT2D eigenvalue weighted by molar-refractivity contribution is 6.04. The molecule has 0 amide bonds. The van der Waals surface area contributed by atoms with E-state index in [1.54, 1.807) is 6.92 Å². The van der Waals surface area contributed by atoms with E-state index in [-0.39, 0.29) is 11.5 Å². The highest BCUT2D eigenvalue weighted by Gasteiger charge is 2.17. The van der Waals surface area contributed by atoms with Gasteiger partial charge in [0.1, 0.15) is 5.76 Å². The molecule has 0 unspecified atom stereocenters. The van der Waals surface area contributed by atoms with Gasteiger partial charge in [-0.1, -0.05) is 89.4 Å². The molecular weight excluding hydrogens is 320 g/mol.